The molecule has 0 aromatic carbocycles. The second kappa shape index (κ2) is 5.01. The zero-order chi connectivity index (χ0) is 9.72. The third-order valence-electron chi connectivity index (χ3n) is 1.99. The Morgan fingerprint density at radius 2 is 1.50 bits per heavy atom. The minimum atomic E-state index is -0.156. The second-order valence-corrected chi connectivity index (χ2v) is 2.88. The number of hydrogen-bond acceptors (Lipinski definition) is 2. The van der Waals surface area contributed by atoms with E-state index < -0.39 is 0 Å². The highest BCUT2D eigenvalue weighted by Gasteiger charge is 2.20. The molecule has 0 aromatic heterocycles. The van der Waals surface area contributed by atoms with E-state index in [4.69, 9.17) is 0 Å². The van der Waals surface area contributed by atoms with Gasteiger partial charge >= 0.3 is 0 Å². The monoisotopic (exact) mass is 167 g/mol. The zero-order valence-corrected chi connectivity index (χ0v) is 8.26. The third-order valence-corrected chi connectivity index (χ3v) is 1.99. The van der Waals surface area contributed by atoms with E-state index in [9.17, 15) is 9.59 Å². The summed E-state index contributed by atoms with van der Waals surface area (Å²) in [5.41, 5.74) is 0. The molecule has 0 radical (unpaired) electrons. The SMILES string of the molecule is BC(=O)N(C(B)=O)C(CC)CC. The summed E-state index contributed by atoms with van der Waals surface area (Å²) in [6, 6.07) is 0.0694. The molecule has 0 atom stereocenters. The standard InChI is InChI=1S/C7H15B2NO2/c1-3-5(4-2)10(6(8)11)7(9)12/h5H,3-4,8-9H2,1-2H3. The minimum absolute atomic E-state index is 0.0694. The normalized spacial score (nSPS) is 9.92. The van der Waals surface area contributed by atoms with Crippen molar-refractivity contribution < 1.29 is 9.59 Å². The van der Waals surface area contributed by atoms with E-state index in [2.05, 4.69) is 0 Å². The predicted molar refractivity (Wildman–Crippen MR) is 54.1 cm³/mol. The molecule has 12 heavy (non-hydrogen) atoms. The molecular formula is C7H15B2NO2. The number of imide groups is 1. The topological polar surface area (TPSA) is 37.4 Å². The highest BCUT2D eigenvalue weighted by Crippen LogP contribution is 2.08. The van der Waals surface area contributed by atoms with Gasteiger partial charge in [-0.25, -0.2) is 0 Å². The molecule has 0 N–H and O–H groups in total. The lowest BCUT2D eigenvalue weighted by molar-refractivity contribution is 0.195. The molecular weight excluding hydrogens is 152 g/mol. The lowest BCUT2D eigenvalue weighted by Crippen LogP contribution is -2.43. The van der Waals surface area contributed by atoms with Gasteiger partial charge < -0.3 is 0 Å². The Hall–Kier alpha value is -0.730. The quantitative estimate of drug-likeness (QED) is 0.553. The highest BCUT2D eigenvalue weighted by atomic mass is 16.2. The van der Waals surface area contributed by atoms with Crippen molar-refractivity contribution in [1.29, 1.82) is 0 Å². The molecule has 66 valence electrons. The fourth-order valence-electron chi connectivity index (χ4n) is 1.39. The largest absolute Gasteiger partial charge is 0.298 e. The van der Waals surface area contributed by atoms with Crippen LogP contribution in [0.25, 0.3) is 0 Å². The third kappa shape index (κ3) is 2.72. The molecule has 0 spiro atoms. The maximum absolute atomic E-state index is 11.0. The van der Waals surface area contributed by atoms with Crippen LogP contribution >= 0.6 is 0 Å². The van der Waals surface area contributed by atoms with Gasteiger partial charge in [-0.1, -0.05) is 13.8 Å². The first-order valence-corrected chi connectivity index (χ1v) is 4.34. The van der Waals surface area contributed by atoms with E-state index >= 15 is 0 Å². The van der Waals surface area contributed by atoms with Crippen molar-refractivity contribution in [3.8, 4) is 0 Å². The molecule has 0 aromatic rings. The van der Waals surface area contributed by atoms with Gasteiger partial charge in [0.05, 0.1) is 0 Å². The van der Waals surface area contributed by atoms with Crippen LogP contribution < -0.4 is 0 Å². The molecule has 0 heterocycles. The number of carbonyl (C=O) groups is 2. The fraction of sp³-hybridized carbons (Fsp3) is 0.714. The summed E-state index contributed by atoms with van der Waals surface area (Å²) in [5.74, 6) is -0.313. The van der Waals surface area contributed by atoms with Gasteiger partial charge in [-0.2, -0.15) is 0 Å². The van der Waals surface area contributed by atoms with Crippen LogP contribution in [0.1, 0.15) is 26.7 Å². The van der Waals surface area contributed by atoms with Gasteiger partial charge in [-0.15, -0.1) is 0 Å². The Morgan fingerprint density at radius 3 is 1.58 bits per heavy atom. The Morgan fingerprint density at radius 1 is 1.17 bits per heavy atom. The fourth-order valence-corrected chi connectivity index (χ4v) is 1.39. The van der Waals surface area contributed by atoms with Crippen LogP contribution in [0.5, 0.6) is 0 Å². The molecule has 0 aliphatic rings. The maximum Gasteiger partial charge on any atom is 0.216 e. The van der Waals surface area contributed by atoms with Gasteiger partial charge in [0.25, 0.3) is 0 Å². The summed E-state index contributed by atoms with van der Waals surface area (Å²) >= 11 is 0. The van der Waals surface area contributed by atoms with E-state index in [1.807, 2.05) is 13.8 Å². The Kier molecular flexibility index (Phi) is 4.71. The molecule has 0 fully saturated rings. The van der Waals surface area contributed by atoms with Crippen molar-refractivity contribution in [3.05, 3.63) is 0 Å². The molecule has 0 bridgehead atoms. The van der Waals surface area contributed by atoms with Crippen molar-refractivity contribution in [2.24, 2.45) is 0 Å². The van der Waals surface area contributed by atoms with E-state index in [-0.39, 0.29) is 17.7 Å². The summed E-state index contributed by atoms with van der Waals surface area (Å²) in [6.45, 7) is 3.96. The zero-order valence-electron chi connectivity index (χ0n) is 8.26. The van der Waals surface area contributed by atoms with E-state index in [0.717, 1.165) is 12.8 Å². The Bertz CT molecular complexity index is 166. The summed E-state index contributed by atoms with van der Waals surface area (Å²) in [6.07, 6.45) is 1.66. The van der Waals surface area contributed by atoms with Crippen LogP contribution in [0.4, 0.5) is 9.59 Å². The molecule has 0 rings (SSSR count). The molecule has 0 saturated heterocycles. The minimum Gasteiger partial charge on any atom is -0.298 e. The smallest absolute Gasteiger partial charge is 0.216 e. The van der Waals surface area contributed by atoms with Gasteiger partial charge in [0.2, 0.25) is 15.7 Å². The summed E-state index contributed by atoms with van der Waals surface area (Å²) in [7, 11) is 2.86. The van der Waals surface area contributed by atoms with Gasteiger partial charge in [-0.3, -0.25) is 14.5 Å². The van der Waals surface area contributed by atoms with E-state index in [1.54, 1.807) is 0 Å². The molecule has 0 saturated carbocycles. The predicted octanol–water partition coefficient (Wildman–Crippen LogP) is -0.0168. The highest BCUT2D eigenvalue weighted by molar-refractivity contribution is 6.65. The lowest BCUT2D eigenvalue weighted by atomic mass is 9.98. The van der Waals surface area contributed by atoms with Gasteiger partial charge in [0.1, 0.15) is 0 Å². The van der Waals surface area contributed by atoms with Crippen molar-refractivity contribution in [2.45, 2.75) is 32.7 Å². The number of carbonyl (C=O) groups excluding carboxylic acids is 2. The van der Waals surface area contributed by atoms with Crippen LogP contribution in [-0.2, 0) is 0 Å². The Labute approximate surface area is 75.3 Å². The summed E-state index contributed by atoms with van der Waals surface area (Å²) in [4.78, 5) is 23.4. The first-order chi connectivity index (χ1) is 5.54. The van der Waals surface area contributed by atoms with Crippen molar-refractivity contribution in [3.63, 3.8) is 0 Å². The average Bonchev–Trinajstić information content (AvgIpc) is 1.98. The van der Waals surface area contributed by atoms with Gasteiger partial charge in [0.15, 0.2) is 11.6 Å². The van der Waals surface area contributed by atoms with E-state index in [1.165, 1.54) is 20.6 Å². The molecule has 5 heteroatoms. The Balaban J connectivity index is 4.47. The molecule has 0 aliphatic carbocycles. The van der Waals surface area contributed by atoms with Crippen molar-refractivity contribution in [2.75, 3.05) is 0 Å². The first kappa shape index (κ1) is 11.3. The van der Waals surface area contributed by atoms with Crippen molar-refractivity contribution in [1.82, 2.24) is 4.90 Å². The van der Waals surface area contributed by atoms with Crippen molar-refractivity contribution >= 4 is 27.3 Å². The number of nitrogens with zero attached hydrogens (tertiary/aromatic N) is 1. The molecule has 3 nitrogen and oxygen atoms in total. The molecule has 0 unspecified atom stereocenters. The number of amides is 2. The second-order valence-electron chi connectivity index (χ2n) is 2.88. The summed E-state index contributed by atoms with van der Waals surface area (Å²) < 4.78 is 0. The first-order valence-electron chi connectivity index (χ1n) is 4.34. The van der Waals surface area contributed by atoms with Crippen LogP contribution in [0.2, 0.25) is 0 Å². The maximum atomic E-state index is 11.0. The van der Waals surface area contributed by atoms with Crippen LogP contribution in [0, 0.1) is 0 Å². The van der Waals surface area contributed by atoms with Crippen LogP contribution in [0.15, 0.2) is 0 Å². The average molecular weight is 167 g/mol. The number of rotatable bonds is 3. The molecule has 0 aliphatic heterocycles. The molecule has 2 amide bonds. The number of hydrogen-bond donors (Lipinski definition) is 0. The summed E-state index contributed by atoms with van der Waals surface area (Å²) in [5, 5.41) is 0. The van der Waals surface area contributed by atoms with Gasteiger partial charge in [0, 0.05) is 6.04 Å². The van der Waals surface area contributed by atoms with E-state index in [0.29, 0.717) is 0 Å². The van der Waals surface area contributed by atoms with Crippen LogP contribution in [-0.4, -0.2) is 38.2 Å². The lowest BCUT2D eigenvalue weighted by Gasteiger charge is -2.27. The van der Waals surface area contributed by atoms with Crippen LogP contribution in [0.3, 0.4) is 0 Å². The van der Waals surface area contributed by atoms with Gasteiger partial charge in [-0.05, 0) is 12.8 Å².